The lowest BCUT2D eigenvalue weighted by Gasteiger charge is -2.30. The van der Waals surface area contributed by atoms with Crippen molar-refractivity contribution in [2.45, 2.75) is 19.8 Å². The van der Waals surface area contributed by atoms with Crippen LogP contribution in [0.2, 0.25) is 0 Å². The maximum atomic E-state index is 12.4. The minimum absolute atomic E-state index is 0.0144. The van der Waals surface area contributed by atoms with Crippen LogP contribution in [0.25, 0.3) is 0 Å². The Balaban J connectivity index is 2.11. The number of carbonyl (C=O) groups excluding carboxylic acids is 1. The van der Waals surface area contributed by atoms with Gasteiger partial charge in [0.15, 0.2) is 0 Å². The van der Waals surface area contributed by atoms with E-state index in [0.717, 1.165) is 25.9 Å². The van der Waals surface area contributed by atoms with Crippen molar-refractivity contribution in [2.24, 2.45) is 16.6 Å². The summed E-state index contributed by atoms with van der Waals surface area (Å²) in [6, 6.07) is 0. The number of carbonyl (C=O) groups is 1. The van der Waals surface area contributed by atoms with Gasteiger partial charge in [-0.2, -0.15) is 0 Å². The normalized spacial score (nSPS) is 23.5. The van der Waals surface area contributed by atoms with Crippen LogP contribution in [0.1, 0.15) is 19.8 Å². The molecule has 2 rings (SSSR count). The standard InChI is InChI=1S/C14H21N3O2/c1-11-2-5-17(6-3-11)14(18)12-8-13(9-15)19-7-4-16-10-12/h8-11H,2-7,15H2,1H3/b12-8?,13-9-,16-10?. The Morgan fingerprint density at radius 2 is 2.26 bits per heavy atom. The van der Waals surface area contributed by atoms with Crippen LogP contribution in [0, 0.1) is 5.92 Å². The van der Waals surface area contributed by atoms with Crippen LogP contribution in [-0.2, 0) is 9.53 Å². The highest BCUT2D eigenvalue weighted by Crippen LogP contribution is 2.18. The Bertz CT molecular complexity index is 418. The summed E-state index contributed by atoms with van der Waals surface area (Å²) in [5, 5.41) is 0. The number of rotatable bonds is 1. The van der Waals surface area contributed by atoms with Gasteiger partial charge in [0.2, 0.25) is 0 Å². The fourth-order valence-electron chi connectivity index (χ4n) is 2.22. The second kappa shape index (κ2) is 6.41. The number of piperidine rings is 1. The minimum Gasteiger partial charge on any atom is -0.490 e. The molecule has 5 nitrogen and oxygen atoms in total. The van der Waals surface area contributed by atoms with E-state index in [1.165, 1.54) is 6.20 Å². The van der Waals surface area contributed by atoms with Crippen LogP contribution < -0.4 is 5.73 Å². The average Bonchev–Trinajstić information content (AvgIpc) is 2.39. The van der Waals surface area contributed by atoms with Crippen molar-refractivity contribution in [3.05, 3.63) is 23.6 Å². The number of hydrogen-bond donors (Lipinski definition) is 1. The van der Waals surface area contributed by atoms with E-state index in [0.29, 0.717) is 30.4 Å². The van der Waals surface area contributed by atoms with E-state index in [4.69, 9.17) is 10.5 Å². The van der Waals surface area contributed by atoms with Crippen molar-refractivity contribution >= 4 is 12.1 Å². The largest absolute Gasteiger partial charge is 0.490 e. The molecule has 5 heteroatoms. The molecule has 0 aliphatic carbocycles. The van der Waals surface area contributed by atoms with Gasteiger partial charge < -0.3 is 15.4 Å². The number of amides is 1. The minimum atomic E-state index is 0.0144. The molecule has 0 aromatic rings. The van der Waals surface area contributed by atoms with Crippen molar-refractivity contribution < 1.29 is 9.53 Å². The summed E-state index contributed by atoms with van der Waals surface area (Å²) in [5.41, 5.74) is 6.03. The molecule has 0 atom stereocenters. The highest BCUT2D eigenvalue weighted by Gasteiger charge is 2.22. The Kier molecular flexibility index (Phi) is 4.60. The number of nitrogens with two attached hydrogens (primary N) is 1. The predicted molar refractivity (Wildman–Crippen MR) is 74.6 cm³/mol. The maximum absolute atomic E-state index is 12.4. The fourth-order valence-corrected chi connectivity index (χ4v) is 2.22. The van der Waals surface area contributed by atoms with Crippen LogP contribution in [-0.4, -0.2) is 43.3 Å². The van der Waals surface area contributed by atoms with Gasteiger partial charge in [0.1, 0.15) is 12.4 Å². The molecule has 0 spiro atoms. The van der Waals surface area contributed by atoms with Gasteiger partial charge in [-0.1, -0.05) is 6.92 Å². The molecule has 0 radical (unpaired) electrons. The summed E-state index contributed by atoms with van der Waals surface area (Å²) in [5.74, 6) is 1.24. The van der Waals surface area contributed by atoms with Crippen LogP contribution in [0.3, 0.4) is 0 Å². The molecule has 0 aromatic carbocycles. The average molecular weight is 263 g/mol. The lowest BCUT2D eigenvalue weighted by Crippen LogP contribution is -2.39. The molecule has 0 aromatic heterocycles. The zero-order valence-electron chi connectivity index (χ0n) is 11.3. The molecule has 2 aliphatic heterocycles. The molecule has 2 aliphatic rings. The van der Waals surface area contributed by atoms with Crippen LogP contribution in [0.5, 0.6) is 0 Å². The second-order valence-corrected chi connectivity index (χ2v) is 5.03. The van der Waals surface area contributed by atoms with E-state index in [2.05, 4.69) is 11.9 Å². The molecule has 1 fully saturated rings. The summed E-state index contributed by atoms with van der Waals surface area (Å²) >= 11 is 0. The van der Waals surface area contributed by atoms with Gasteiger partial charge in [0.25, 0.3) is 5.91 Å². The summed E-state index contributed by atoms with van der Waals surface area (Å²) in [4.78, 5) is 18.5. The molecule has 2 heterocycles. The third-order valence-corrected chi connectivity index (χ3v) is 3.50. The van der Waals surface area contributed by atoms with Crippen molar-refractivity contribution in [3.63, 3.8) is 0 Å². The Morgan fingerprint density at radius 3 is 2.95 bits per heavy atom. The van der Waals surface area contributed by atoms with Crippen molar-refractivity contribution in [2.75, 3.05) is 26.2 Å². The fraction of sp³-hybridized carbons (Fsp3) is 0.571. The van der Waals surface area contributed by atoms with E-state index >= 15 is 0 Å². The topological polar surface area (TPSA) is 67.9 Å². The monoisotopic (exact) mass is 263 g/mol. The number of allylic oxidation sites excluding steroid dienone is 1. The summed E-state index contributed by atoms with van der Waals surface area (Å²) in [6.45, 7) is 4.88. The van der Waals surface area contributed by atoms with Crippen molar-refractivity contribution in [3.8, 4) is 0 Å². The zero-order valence-corrected chi connectivity index (χ0v) is 11.3. The van der Waals surface area contributed by atoms with Gasteiger partial charge in [-0.15, -0.1) is 0 Å². The molecular formula is C14H21N3O2. The summed E-state index contributed by atoms with van der Waals surface area (Å²) in [7, 11) is 0. The molecule has 0 saturated carbocycles. The molecule has 19 heavy (non-hydrogen) atoms. The number of ether oxygens (including phenoxy) is 1. The molecule has 1 amide bonds. The lowest BCUT2D eigenvalue weighted by atomic mass is 9.98. The van der Waals surface area contributed by atoms with Crippen molar-refractivity contribution in [1.82, 2.24) is 4.90 Å². The Morgan fingerprint density at radius 1 is 1.53 bits per heavy atom. The molecular weight excluding hydrogens is 242 g/mol. The van der Waals surface area contributed by atoms with Crippen molar-refractivity contribution in [1.29, 1.82) is 0 Å². The number of hydrogen-bond acceptors (Lipinski definition) is 4. The van der Waals surface area contributed by atoms with Gasteiger partial charge in [-0.25, -0.2) is 0 Å². The SMILES string of the molecule is CC1CCN(C(=O)C2=C/C(=C/N)OCCN=C2)CC1. The summed E-state index contributed by atoms with van der Waals surface area (Å²) in [6.07, 6.45) is 6.80. The lowest BCUT2D eigenvalue weighted by molar-refractivity contribution is -0.127. The first-order chi connectivity index (χ1) is 9.20. The zero-order chi connectivity index (χ0) is 13.7. The smallest absolute Gasteiger partial charge is 0.255 e. The molecule has 1 saturated heterocycles. The van der Waals surface area contributed by atoms with E-state index in [9.17, 15) is 4.79 Å². The van der Waals surface area contributed by atoms with Gasteiger partial charge in [-0.3, -0.25) is 9.79 Å². The van der Waals surface area contributed by atoms with E-state index in [-0.39, 0.29) is 5.91 Å². The van der Waals surface area contributed by atoms with Crippen LogP contribution in [0.15, 0.2) is 28.6 Å². The molecule has 0 bridgehead atoms. The van der Waals surface area contributed by atoms with Crippen LogP contribution in [0.4, 0.5) is 0 Å². The third-order valence-electron chi connectivity index (χ3n) is 3.50. The quantitative estimate of drug-likeness (QED) is 0.769. The molecule has 104 valence electrons. The molecule has 0 unspecified atom stereocenters. The first-order valence-electron chi connectivity index (χ1n) is 6.76. The number of nitrogens with zero attached hydrogens (tertiary/aromatic N) is 2. The maximum Gasteiger partial charge on any atom is 0.255 e. The Hall–Kier alpha value is -1.78. The van der Waals surface area contributed by atoms with Gasteiger partial charge >= 0.3 is 0 Å². The van der Waals surface area contributed by atoms with Gasteiger partial charge in [0, 0.05) is 25.5 Å². The first kappa shape index (κ1) is 13.6. The third kappa shape index (κ3) is 3.59. The number of likely N-dealkylation sites (tertiary alicyclic amines) is 1. The van der Waals surface area contributed by atoms with E-state index in [1.807, 2.05) is 4.90 Å². The van der Waals surface area contributed by atoms with E-state index in [1.54, 1.807) is 12.3 Å². The highest BCUT2D eigenvalue weighted by atomic mass is 16.5. The van der Waals surface area contributed by atoms with Gasteiger partial charge in [0.05, 0.1) is 12.1 Å². The molecule has 2 N–H and O–H groups in total. The Labute approximate surface area is 113 Å². The predicted octanol–water partition coefficient (Wildman–Crippen LogP) is 1.07. The highest BCUT2D eigenvalue weighted by molar-refractivity contribution is 6.12. The number of aliphatic imine (C=N–C) groups is 1. The van der Waals surface area contributed by atoms with Gasteiger partial charge in [-0.05, 0) is 24.8 Å². The summed E-state index contributed by atoms with van der Waals surface area (Å²) < 4.78 is 5.39. The van der Waals surface area contributed by atoms with E-state index < -0.39 is 0 Å². The van der Waals surface area contributed by atoms with Crippen LogP contribution >= 0.6 is 0 Å². The first-order valence-corrected chi connectivity index (χ1v) is 6.76. The second-order valence-electron chi connectivity index (χ2n) is 5.03.